The van der Waals surface area contributed by atoms with Crippen LogP contribution >= 0.6 is 0 Å². The van der Waals surface area contributed by atoms with Crippen molar-refractivity contribution < 1.29 is 14.3 Å². The summed E-state index contributed by atoms with van der Waals surface area (Å²) < 4.78 is 5.59. The minimum absolute atomic E-state index is 0.00482. The van der Waals surface area contributed by atoms with Crippen LogP contribution in [-0.2, 0) is 0 Å². The molecule has 0 bridgehead atoms. The number of rotatable bonds is 5. The van der Waals surface area contributed by atoms with Gasteiger partial charge in [-0.1, -0.05) is 0 Å². The van der Waals surface area contributed by atoms with Gasteiger partial charge in [-0.3, -0.25) is 4.90 Å². The first-order valence-electron chi connectivity index (χ1n) is 9.13. The molecule has 3 rings (SSSR count). The SMILES string of the molecule is C[C@@H](O)C1CCN(C(=O)NC[C@@H](c2ccco2)N2CCCC2)CC1. The molecule has 2 aliphatic rings. The second kappa shape index (κ2) is 8.03. The summed E-state index contributed by atoms with van der Waals surface area (Å²) in [4.78, 5) is 16.7. The van der Waals surface area contributed by atoms with E-state index >= 15 is 0 Å². The number of piperidine rings is 1. The highest BCUT2D eigenvalue weighted by atomic mass is 16.3. The number of nitrogens with zero attached hydrogens (tertiary/aromatic N) is 2. The average molecular weight is 335 g/mol. The van der Waals surface area contributed by atoms with Crippen LogP contribution in [0, 0.1) is 5.92 Å². The van der Waals surface area contributed by atoms with Crippen molar-refractivity contribution in [1.29, 1.82) is 0 Å². The summed E-state index contributed by atoms with van der Waals surface area (Å²) >= 11 is 0. The summed E-state index contributed by atoms with van der Waals surface area (Å²) in [7, 11) is 0. The van der Waals surface area contributed by atoms with Crippen LogP contribution in [0.3, 0.4) is 0 Å². The van der Waals surface area contributed by atoms with Gasteiger partial charge in [-0.15, -0.1) is 0 Å². The number of aliphatic hydroxyl groups excluding tert-OH is 1. The Morgan fingerprint density at radius 3 is 2.62 bits per heavy atom. The lowest BCUT2D eigenvalue weighted by molar-refractivity contribution is 0.0793. The van der Waals surface area contributed by atoms with Crippen molar-refractivity contribution in [2.24, 2.45) is 5.92 Å². The molecule has 0 spiro atoms. The molecule has 1 aromatic rings. The molecule has 134 valence electrons. The van der Waals surface area contributed by atoms with Gasteiger partial charge in [0.25, 0.3) is 0 Å². The number of amides is 2. The standard InChI is InChI=1S/C18H29N3O3/c1-14(22)15-6-10-21(11-7-15)18(23)19-13-16(17-5-4-12-24-17)20-8-2-3-9-20/h4-5,12,14-16,22H,2-3,6-11,13H2,1H3,(H,19,23)/t14-,16+/m1/s1. The van der Waals surface area contributed by atoms with Gasteiger partial charge >= 0.3 is 6.03 Å². The van der Waals surface area contributed by atoms with E-state index in [0.29, 0.717) is 12.5 Å². The van der Waals surface area contributed by atoms with E-state index in [1.807, 2.05) is 24.0 Å². The maximum atomic E-state index is 12.5. The number of carbonyl (C=O) groups is 1. The average Bonchev–Trinajstić information content (AvgIpc) is 3.29. The van der Waals surface area contributed by atoms with Crippen molar-refractivity contribution in [1.82, 2.24) is 15.1 Å². The van der Waals surface area contributed by atoms with Crippen LogP contribution in [0.4, 0.5) is 4.79 Å². The smallest absolute Gasteiger partial charge is 0.317 e. The van der Waals surface area contributed by atoms with Gasteiger partial charge in [0.1, 0.15) is 5.76 Å². The first-order valence-corrected chi connectivity index (χ1v) is 9.13. The highest BCUT2D eigenvalue weighted by Gasteiger charge is 2.28. The van der Waals surface area contributed by atoms with Crippen LogP contribution in [0.5, 0.6) is 0 Å². The van der Waals surface area contributed by atoms with Crippen molar-refractivity contribution in [2.45, 2.75) is 44.8 Å². The Morgan fingerprint density at radius 1 is 1.33 bits per heavy atom. The molecule has 2 aliphatic heterocycles. The summed E-state index contributed by atoms with van der Waals surface area (Å²) in [6.45, 7) is 5.96. The predicted molar refractivity (Wildman–Crippen MR) is 91.6 cm³/mol. The van der Waals surface area contributed by atoms with Crippen molar-refractivity contribution in [2.75, 3.05) is 32.7 Å². The highest BCUT2D eigenvalue weighted by Crippen LogP contribution is 2.25. The molecule has 0 saturated carbocycles. The highest BCUT2D eigenvalue weighted by molar-refractivity contribution is 5.74. The van der Waals surface area contributed by atoms with Crippen LogP contribution in [0.15, 0.2) is 22.8 Å². The Morgan fingerprint density at radius 2 is 2.04 bits per heavy atom. The number of furan rings is 1. The van der Waals surface area contributed by atoms with Crippen LogP contribution < -0.4 is 5.32 Å². The quantitative estimate of drug-likeness (QED) is 0.866. The van der Waals surface area contributed by atoms with Gasteiger partial charge in [0.15, 0.2) is 0 Å². The van der Waals surface area contributed by atoms with E-state index in [2.05, 4.69) is 10.2 Å². The number of carbonyl (C=O) groups excluding carboxylic acids is 1. The molecule has 2 N–H and O–H groups in total. The Bertz CT molecular complexity index is 504. The Labute approximate surface area is 143 Å². The van der Waals surface area contributed by atoms with E-state index in [4.69, 9.17) is 4.42 Å². The second-order valence-corrected chi connectivity index (χ2v) is 7.03. The fourth-order valence-electron chi connectivity index (χ4n) is 3.82. The number of hydrogen-bond donors (Lipinski definition) is 2. The minimum Gasteiger partial charge on any atom is -0.468 e. The van der Waals surface area contributed by atoms with Crippen LogP contribution in [0.25, 0.3) is 0 Å². The monoisotopic (exact) mass is 335 g/mol. The van der Waals surface area contributed by atoms with Gasteiger partial charge in [-0.05, 0) is 63.7 Å². The summed E-state index contributed by atoms with van der Waals surface area (Å²) in [5, 5.41) is 12.8. The van der Waals surface area contributed by atoms with E-state index in [-0.39, 0.29) is 18.2 Å². The fraction of sp³-hybridized carbons (Fsp3) is 0.722. The molecule has 6 nitrogen and oxygen atoms in total. The minimum atomic E-state index is -0.284. The molecule has 3 heterocycles. The van der Waals surface area contributed by atoms with Crippen molar-refractivity contribution >= 4 is 6.03 Å². The lowest BCUT2D eigenvalue weighted by Gasteiger charge is -2.34. The molecular weight excluding hydrogens is 306 g/mol. The molecule has 6 heteroatoms. The molecule has 2 fully saturated rings. The zero-order valence-electron chi connectivity index (χ0n) is 14.5. The van der Waals surface area contributed by atoms with E-state index in [1.165, 1.54) is 12.8 Å². The third-order valence-electron chi connectivity index (χ3n) is 5.41. The number of hydrogen-bond acceptors (Lipinski definition) is 4. The lowest BCUT2D eigenvalue weighted by Crippen LogP contribution is -2.47. The number of urea groups is 1. The first-order chi connectivity index (χ1) is 11.6. The largest absolute Gasteiger partial charge is 0.468 e. The zero-order valence-corrected chi connectivity index (χ0v) is 14.5. The van der Waals surface area contributed by atoms with E-state index in [1.54, 1.807) is 6.26 Å². The Balaban J connectivity index is 1.52. The molecule has 1 aromatic heterocycles. The Kier molecular flexibility index (Phi) is 5.79. The van der Waals surface area contributed by atoms with Gasteiger partial charge in [0.2, 0.25) is 0 Å². The summed E-state index contributed by atoms with van der Waals surface area (Å²) in [6, 6.07) is 4.00. The number of aliphatic hydroxyl groups is 1. The maximum Gasteiger partial charge on any atom is 0.317 e. The van der Waals surface area contributed by atoms with E-state index in [0.717, 1.165) is 44.8 Å². The maximum absolute atomic E-state index is 12.5. The zero-order chi connectivity index (χ0) is 16.9. The van der Waals surface area contributed by atoms with Crippen molar-refractivity contribution in [3.8, 4) is 0 Å². The normalized spacial score (nSPS) is 22.5. The van der Waals surface area contributed by atoms with Crippen molar-refractivity contribution in [3.05, 3.63) is 24.2 Å². The molecule has 2 amide bonds. The van der Waals surface area contributed by atoms with Gasteiger partial charge < -0.3 is 19.7 Å². The third-order valence-corrected chi connectivity index (χ3v) is 5.41. The molecule has 0 aliphatic carbocycles. The van der Waals surface area contributed by atoms with E-state index < -0.39 is 0 Å². The van der Waals surface area contributed by atoms with Gasteiger partial charge in [-0.2, -0.15) is 0 Å². The predicted octanol–water partition coefficient (Wildman–Crippen LogP) is 2.22. The van der Waals surface area contributed by atoms with E-state index in [9.17, 15) is 9.90 Å². The van der Waals surface area contributed by atoms with Gasteiger partial charge in [0, 0.05) is 19.6 Å². The van der Waals surface area contributed by atoms with Crippen molar-refractivity contribution in [3.63, 3.8) is 0 Å². The third kappa shape index (κ3) is 4.11. The van der Waals surface area contributed by atoms with Gasteiger partial charge in [-0.25, -0.2) is 4.79 Å². The lowest BCUT2D eigenvalue weighted by atomic mass is 9.92. The summed E-state index contributed by atoms with van der Waals surface area (Å²) in [5.74, 6) is 1.24. The van der Waals surface area contributed by atoms with Crippen LogP contribution in [0.2, 0.25) is 0 Å². The molecule has 0 radical (unpaired) electrons. The first kappa shape index (κ1) is 17.3. The Hall–Kier alpha value is -1.53. The topological polar surface area (TPSA) is 69.0 Å². The molecule has 2 saturated heterocycles. The molecule has 0 aromatic carbocycles. The number of nitrogens with one attached hydrogen (secondary N) is 1. The van der Waals surface area contributed by atoms with Crippen LogP contribution in [-0.4, -0.2) is 59.8 Å². The second-order valence-electron chi connectivity index (χ2n) is 7.03. The molecular formula is C18H29N3O3. The fourth-order valence-corrected chi connectivity index (χ4v) is 3.82. The number of likely N-dealkylation sites (tertiary alicyclic amines) is 2. The molecule has 24 heavy (non-hydrogen) atoms. The van der Waals surface area contributed by atoms with Crippen LogP contribution in [0.1, 0.15) is 44.4 Å². The molecule has 2 atom stereocenters. The van der Waals surface area contributed by atoms with Gasteiger partial charge in [0.05, 0.1) is 18.4 Å². The molecule has 0 unspecified atom stereocenters. The summed E-state index contributed by atoms with van der Waals surface area (Å²) in [6.07, 6.45) is 5.57. The summed E-state index contributed by atoms with van der Waals surface area (Å²) in [5.41, 5.74) is 0.